The van der Waals surface area contributed by atoms with E-state index in [1.807, 2.05) is 31.2 Å². The van der Waals surface area contributed by atoms with Gasteiger partial charge in [-0.2, -0.15) is 0 Å². The summed E-state index contributed by atoms with van der Waals surface area (Å²) in [4.78, 5) is 0.990. The minimum Gasteiger partial charge on any atom is -0.330 e. The van der Waals surface area contributed by atoms with Gasteiger partial charge in [0.2, 0.25) is 0 Å². The first-order valence-electron chi connectivity index (χ1n) is 6.29. The van der Waals surface area contributed by atoms with Gasteiger partial charge in [0.05, 0.1) is 5.69 Å². The SMILES string of the molecule is Cc1cccc(N(C)S(=O)(=O)c2ccc(CCN)s2)c1. The molecule has 0 saturated carbocycles. The van der Waals surface area contributed by atoms with Crippen molar-refractivity contribution in [2.75, 3.05) is 17.9 Å². The first-order valence-corrected chi connectivity index (χ1v) is 8.55. The predicted molar refractivity (Wildman–Crippen MR) is 83.8 cm³/mol. The van der Waals surface area contributed by atoms with E-state index in [0.717, 1.165) is 10.4 Å². The van der Waals surface area contributed by atoms with E-state index in [1.165, 1.54) is 15.6 Å². The fourth-order valence-electron chi connectivity index (χ4n) is 1.87. The Morgan fingerprint density at radius 2 is 2.00 bits per heavy atom. The first-order chi connectivity index (χ1) is 9.45. The molecule has 0 unspecified atom stereocenters. The smallest absolute Gasteiger partial charge is 0.273 e. The van der Waals surface area contributed by atoms with Gasteiger partial charge in [-0.25, -0.2) is 8.42 Å². The van der Waals surface area contributed by atoms with Crippen LogP contribution in [0.2, 0.25) is 0 Å². The lowest BCUT2D eigenvalue weighted by Crippen LogP contribution is -2.25. The van der Waals surface area contributed by atoms with E-state index in [1.54, 1.807) is 19.2 Å². The summed E-state index contributed by atoms with van der Waals surface area (Å²) in [6.45, 7) is 2.46. The van der Waals surface area contributed by atoms with E-state index in [0.29, 0.717) is 22.9 Å². The number of benzene rings is 1. The molecule has 0 radical (unpaired) electrons. The van der Waals surface area contributed by atoms with Crippen molar-refractivity contribution in [1.29, 1.82) is 0 Å². The van der Waals surface area contributed by atoms with Crippen LogP contribution in [-0.2, 0) is 16.4 Å². The highest BCUT2D eigenvalue weighted by molar-refractivity contribution is 7.94. The van der Waals surface area contributed by atoms with Crippen molar-refractivity contribution in [1.82, 2.24) is 0 Å². The molecule has 0 aliphatic heterocycles. The summed E-state index contributed by atoms with van der Waals surface area (Å²) >= 11 is 1.28. The van der Waals surface area contributed by atoms with Gasteiger partial charge >= 0.3 is 0 Å². The van der Waals surface area contributed by atoms with Gasteiger partial charge in [-0.05, 0) is 49.7 Å². The highest BCUT2D eigenvalue weighted by atomic mass is 32.2. The number of nitrogens with two attached hydrogens (primary N) is 1. The first kappa shape index (κ1) is 15.0. The molecule has 4 nitrogen and oxygen atoms in total. The second kappa shape index (κ2) is 5.95. The number of sulfonamides is 1. The molecule has 0 amide bonds. The van der Waals surface area contributed by atoms with Crippen LogP contribution in [0.25, 0.3) is 0 Å². The minimum atomic E-state index is -3.50. The molecule has 1 aromatic heterocycles. The Morgan fingerprint density at radius 1 is 1.25 bits per heavy atom. The monoisotopic (exact) mass is 310 g/mol. The van der Waals surface area contributed by atoms with Crippen LogP contribution >= 0.6 is 11.3 Å². The van der Waals surface area contributed by atoms with Crippen molar-refractivity contribution >= 4 is 27.0 Å². The number of rotatable bonds is 5. The van der Waals surface area contributed by atoms with E-state index in [9.17, 15) is 8.42 Å². The zero-order valence-corrected chi connectivity index (χ0v) is 13.2. The quantitative estimate of drug-likeness (QED) is 0.922. The number of anilines is 1. The number of thiophene rings is 1. The van der Waals surface area contributed by atoms with Gasteiger partial charge in [-0.15, -0.1) is 11.3 Å². The topological polar surface area (TPSA) is 63.4 Å². The normalized spacial score (nSPS) is 11.6. The summed E-state index contributed by atoms with van der Waals surface area (Å²) in [6, 6.07) is 10.9. The standard InChI is InChI=1S/C14H18N2O2S2/c1-11-4-3-5-12(10-11)16(2)20(17,18)14-7-6-13(19-14)8-9-15/h3-7,10H,8-9,15H2,1-2H3. The molecule has 1 aromatic carbocycles. The fraction of sp³-hybridized carbons (Fsp3) is 0.286. The van der Waals surface area contributed by atoms with Crippen molar-refractivity contribution in [3.8, 4) is 0 Å². The van der Waals surface area contributed by atoms with Crippen molar-refractivity contribution in [3.63, 3.8) is 0 Å². The van der Waals surface area contributed by atoms with Crippen LogP contribution in [0.5, 0.6) is 0 Å². The van der Waals surface area contributed by atoms with Gasteiger partial charge in [0.1, 0.15) is 4.21 Å². The van der Waals surface area contributed by atoms with E-state index in [2.05, 4.69) is 0 Å². The van der Waals surface area contributed by atoms with E-state index in [4.69, 9.17) is 5.73 Å². The summed E-state index contributed by atoms with van der Waals surface area (Å²) in [5, 5.41) is 0. The van der Waals surface area contributed by atoms with Gasteiger partial charge in [0.15, 0.2) is 0 Å². The third-order valence-corrected chi connectivity index (χ3v) is 6.41. The van der Waals surface area contributed by atoms with E-state index >= 15 is 0 Å². The molecule has 2 aromatic rings. The van der Waals surface area contributed by atoms with Crippen LogP contribution in [0.3, 0.4) is 0 Å². The molecule has 108 valence electrons. The molecule has 1 heterocycles. The molecule has 0 fully saturated rings. The Labute approximate surface area is 123 Å². The number of nitrogens with zero attached hydrogens (tertiary/aromatic N) is 1. The highest BCUT2D eigenvalue weighted by Gasteiger charge is 2.23. The van der Waals surface area contributed by atoms with Crippen molar-refractivity contribution in [2.24, 2.45) is 5.73 Å². The van der Waals surface area contributed by atoms with Crippen molar-refractivity contribution in [2.45, 2.75) is 17.6 Å². The second-order valence-corrected chi connectivity index (χ2v) is 7.94. The maximum Gasteiger partial charge on any atom is 0.273 e. The van der Waals surface area contributed by atoms with Gasteiger partial charge < -0.3 is 5.73 Å². The van der Waals surface area contributed by atoms with Gasteiger partial charge in [-0.3, -0.25) is 4.31 Å². The van der Waals surface area contributed by atoms with Crippen molar-refractivity contribution in [3.05, 3.63) is 46.8 Å². The molecular weight excluding hydrogens is 292 g/mol. The van der Waals surface area contributed by atoms with Crippen LogP contribution in [0, 0.1) is 6.92 Å². The summed E-state index contributed by atoms with van der Waals surface area (Å²) in [6.07, 6.45) is 0.703. The number of aryl methyl sites for hydroxylation is 1. The molecule has 0 atom stereocenters. The lowest BCUT2D eigenvalue weighted by Gasteiger charge is -2.18. The largest absolute Gasteiger partial charge is 0.330 e. The molecule has 2 N–H and O–H groups in total. The number of hydrogen-bond acceptors (Lipinski definition) is 4. The third-order valence-electron chi connectivity index (χ3n) is 3.01. The van der Waals surface area contributed by atoms with Crippen LogP contribution in [-0.4, -0.2) is 22.0 Å². The molecular formula is C14H18N2O2S2. The summed E-state index contributed by atoms with van der Waals surface area (Å²) < 4.78 is 26.8. The summed E-state index contributed by atoms with van der Waals surface area (Å²) in [5.74, 6) is 0. The molecule has 6 heteroatoms. The minimum absolute atomic E-state index is 0.352. The van der Waals surface area contributed by atoms with Crippen LogP contribution in [0.15, 0.2) is 40.6 Å². The molecule has 0 aliphatic rings. The van der Waals surface area contributed by atoms with Crippen LogP contribution in [0.1, 0.15) is 10.4 Å². The van der Waals surface area contributed by atoms with Gasteiger partial charge in [0.25, 0.3) is 10.0 Å². The molecule has 0 spiro atoms. The average molecular weight is 310 g/mol. The molecule has 0 saturated heterocycles. The molecule has 0 bridgehead atoms. The Morgan fingerprint density at radius 3 is 2.65 bits per heavy atom. The highest BCUT2D eigenvalue weighted by Crippen LogP contribution is 2.28. The molecule has 0 aliphatic carbocycles. The lowest BCUT2D eigenvalue weighted by atomic mass is 10.2. The maximum absolute atomic E-state index is 12.6. The predicted octanol–water partition coefficient (Wildman–Crippen LogP) is 2.38. The lowest BCUT2D eigenvalue weighted by molar-refractivity contribution is 0.596. The van der Waals surface area contributed by atoms with Gasteiger partial charge in [0, 0.05) is 11.9 Å². The van der Waals surface area contributed by atoms with Crippen molar-refractivity contribution < 1.29 is 8.42 Å². The van der Waals surface area contributed by atoms with Crippen LogP contribution in [0.4, 0.5) is 5.69 Å². The third kappa shape index (κ3) is 3.03. The van der Waals surface area contributed by atoms with E-state index in [-0.39, 0.29) is 0 Å². The maximum atomic E-state index is 12.6. The summed E-state index contributed by atoms with van der Waals surface area (Å²) in [7, 11) is -1.92. The number of hydrogen-bond donors (Lipinski definition) is 1. The molecule has 2 rings (SSSR count). The van der Waals surface area contributed by atoms with Crippen LogP contribution < -0.4 is 10.0 Å². The Bertz CT molecular complexity index is 693. The van der Waals surface area contributed by atoms with E-state index < -0.39 is 10.0 Å². The molecule has 20 heavy (non-hydrogen) atoms. The average Bonchev–Trinajstić information content (AvgIpc) is 2.87. The summed E-state index contributed by atoms with van der Waals surface area (Å²) in [5.41, 5.74) is 7.19. The Hall–Kier alpha value is -1.37. The van der Waals surface area contributed by atoms with Gasteiger partial charge in [-0.1, -0.05) is 12.1 Å². The fourth-order valence-corrected chi connectivity index (χ4v) is 4.60. The Balaban J connectivity index is 2.33. The zero-order chi connectivity index (χ0) is 14.8. The Kier molecular flexibility index (Phi) is 4.47. The zero-order valence-electron chi connectivity index (χ0n) is 11.5. The second-order valence-electron chi connectivity index (χ2n) is 4.57.